The summed E-state index contributed by atoms with van der Waals surface area (Å²) in [5.41, 5.74) is 1.10. The lowest BCUT2D eigenvalue weighted by Crippen LogP contribution is -2.52. The fourth-order valence-corrected chi connectivity index (χ4v) is 5.25. The SMILES string of the molecule is OCC[C@H]1CN(Cc2nc3ccccc3s2)CCN1Cc1cccs1. The summed E-state index contributed by atoms with van der Waals surface area (Å²) in [4.78, 5) is 11.2. The number of aromatic nitrogens is 1. The van der Waals surface area contributed by atoms with Gasteiger partial charge in [-0.3, -0.25) is 9.80 Å². The van der Waals surface area contributed by atoms with E-state index in [1.54, 1.807) is 11.3 Å². The number of nitrogens with zero attached hydrogens (tertiary/aromatic N) is 3. The summed E-state index contributed by atoms with van der Waals surface area (Å²) in [7, 11) is 0. The van der Waals surface area contributed by atoms with E-state index in [1.165, 1.54) is 14.6 Å². The highest BCUT2D eigenvalue weighted by Crippen LogP contribution is 2.25. The molecule has 0 aliphatic carbocycles. The summed E-state index contributed by atoms with van der Waals surface area (Å²) in [6.07, 6.45) is 0.835. The van der Waals surface area contributed by atoms with Gasteiger partial charge in [-0.1, -0.05) is 18.2 Å². The topological polar surface area (TPSA) is 39.6 Å². The van der Waals surface area contributed by atoms with Gasteiger partial charge >= 0.3 is 0 Å². The number of aliphatic hydroxyl groups excluding tert-OH is 1. The molecule has 0 spiro atoms. The molecule has 25 heavy (non-hydrogen) atoms. The van der Waals surface area contributed by atoms with Crippen LogP contribution >= 0.6 is 22.7 Å². The van der Waals surface area contributed by atoms with E-state index in [0.29, 0.717) is 6.04 Å². The zero-order valence-corrected chi connectivity index (χ0v) is 15.8. The number of hydrogen-bond donors (Lipinski definition) is 1. The molecular formula is C19H23N3OS2. The second-order valence-corrected chi connectivity index (χ2v) is 8.67. The lowest BCUT2D eigenvalue weighted by atomic mass is 10.1. The van der Waals surface area contributed by atoms with Crippen molar-refractivity contribution in [2.45, 2.75) is 25.6 Å². The Morgan fingerprint density at radius 1 is 1.12 bits per heavy atom. The zero-order valence-electron chi connectivity index (χ0n) is 14.2. The van der Waals surface area contributed by atoms with Crippen LogP contribution < -0.4 is 0 Å². The number of thiophene rings is 1. The smallest absolute Gasteiger partial charge is 0.108 e. The van der Waals surface area contributed by atoms with Crippen molar-refractivity contribution in [3.8, 4) is 0 Å². The number of fused-ring (bicyclic) bond motifs is 1. The quantitative estimate of drug-likeness (QED) is 0.719. The van der Waals surface area contributed by atoms with E-state index in [4.69, 9.17) is 4.98 Å². The lowest BCUT2D eigenvalue weighted by Gasteiger charge is -2.41. The summed E-state index contributed by atoms with van der Waals surface area (Å²) in [5, 5.41) is 12.8. The van der Waals surface area contributed by atoms with Crippen molar-refractivity contribution in [2.75, 3.05) is 26.2 Å². The number of thiazole rings is 1. The summed E-state index contributed by atoms with van der Waals surface area (Å²) < 4.78 is 1.26. The fraction of sp³-hybridized carbons (Fsp3) is 0.421. The Morgan fingerprint density at radius 2 is 2.04 bits per heavy atom. The minimum Gasteiger partial charge on any atom is -0.396 e. The van der Waals surface area contributed by atoms with Gasteiger partial charge in [0.1, 0.15) is 5.01 Å². The first kappa shape index (κ1) is 17.1. The van der Waals surface area contributed by atoms with E-state index in [9.17, 15) is 5.11 Å². The third-order valence-electron chi connectivity index (χ3n) is 4.79. The van der Waals surface area contributed by atoms with Crippen LogP contribution in [0, 0.1) is 0 Å². The van der Waals surface area contributed by atoms with E-state index in [1.807, 2.05) is 17.4 Å². The summed E-state index contributed by atoms with van der Waals surface area (Å²) >= 11 is 3.61. The molecule has 0 radical (unpaired) electrons. The second-order valence-electron chi connectivity index (χ2n) is 6.53. The van der Waals surface area contributed by atoms with Crippen LogP contribution in [0.15, 0.2) is 41.8 Å². The van der Waals surface area contributed by atoms with Crippen molar-refractivity contribution in [2.24, 2.45) is 0 Å². The first-order chi connectivity index (χ1) is 12.3. The van der Waals surface area contributed by atoms with Crippen molar-refractivity contribution < 1.29 is 5.11 Å². The Morgan fingerprint density at radius 3 is 2.84 bits per heavy atom. The first-order valence-corrected chi connectivity index (χ1v) is 10.5. The molecule has 1 aliphatic rings. The Kier molecular flexibility index (Phi) is 5.43. The maximum atomic E-state index is 9.48. The minimum absolute atomic E-state index is 0.251. The standard InChI is InChI=1S/C19H23N3OS2/c23-10-7-15-12-21(8-9-22(15)13-16-4-3-11-24-16)14-19-20-17-5-1-2-6-18(17)25-19/h1-6,11,15,23H,7-10,12-14H2/t15-/m0/s1. The van der Waals surface area contributed by atoms with E-state index >= 15 is 0 Å². The average molecular weight is 374 g/mol. The average Bonchev–Trinajstić information content (AvgIpc) is 3.26. The third kappa shape index (κ3) is 4.10. The summed E-state index contributed by atoms with van der Waals surface area (Å²) in [6.45, 7) is 5.27. The number of benzene rings is 1. The van der Waals surface area contributed by atoms with E-state index in [0.717, 1.165) is 44.7 Å². The Labute approximate surface area is 156 Å². The molecule has 4 rings (SSSR count). The molecule has 1 aliphatic heterocycles. The monoisotopic (exact) mass is 373 g/mol. The molecule has 6 heteroatoms. The summed E-state index contributed by atoms with van der Waals surface area (Å²) in [5.74, 6) is 0. The molecule has 1 saturated heterocycles. The van der Waals surface area contributed by atoms with Crippen LogP contribution in [0.4, 0.5) is 0 Å². The zero-order chi connectivity index (χ0) is 17.1. The van der Waals surface area contributed by atoms with Gasteiger partial charge < -0.3 is 5.11 Å². The molecule has 1 aromatic carbocycles. The predicted octanol–water partition coefficient (Wildman–Crippen LogP) is 3.43. The molecule has 1 atom stereocenters. The number of piperazine rings is 1. The van der Waals surface area contributed by atoms with E-state index in [-0.39, 0.29) is 6.61 Å². The van der Waals surface area contributed by atoms with Gasteiger partial charge in [0, 0.05) is 43.7 Å². The molecule has 132 valence electrons. The number of hydrogen-bond acceptors (Lipinski definition) is 6. The van der Waals surface area contributed by atoms with Crippen LogP contribution in [0.1, 0.15) is 16.3 Å². The predicted molar refractivity (Wildman–Crippen MR) is 105 cm³/mol. The first-order valence-electron chi connectivity index (χ1n) is 8.76. The highest BCUT2D eigenvalue weighted by atomic mass is 32.1. The highest BCUT2D eigenvalue weighted by molar-refractivity contribution is 7.18. The van der Waals surface area contributed by atoms with E-state index in [2.05, 4.69) is 45.5 Å². The maximum absolute atomic E-state index is 9.48. The van der Waals surface area contributed by atoms with Crippen molar-refractivity contribution >= 4 is 32.9 Å². The fourth-order valence-electron chi connectivity index (χ4n) is 3.51. The van der Waals surface area contributed by atoms with Crippen LogP contribution in [0.2, 0.25) is 0 Å². The molecule has 0 bridgehead atoms. The maximum Gasteiger partial charge on any atom is 0.108 e. The third-order valence-corrected chi connectivity index (χ3v) is 6.67. The van der Waals surface area contributed by atoms with Gasteiger partial charge in [-0.05, 0) is 30.0 Å². The van der Waals surface area contributed by atoms with Crippen LogP contribution in [-0.2, 0) is 13.1 Å². The van der Waals surface area contributed by atoms with Crippen LogP contribution in [0.25, 0.3) is 10.2 Å². The van der Waals surface area contributed by atoms with Crippen molar-refractivity contribution in [3.05, 3.63) is 51.7 Å². The lowest BCUT2D eigenvalue weighted by molar-refractivity contribution is 0.0506. The molecule has 1 N–H and O–H groups in total. The van der Waals surface area contributed by atoms with Crippen LogP contribution in [0.5, 0.6) is 0 Å². The van der Waals surface area contributed by atoms with Crippen molar-refractivity contribution in [1.82, 2.24) is 14.8 Å². The van der Waals surface area contributed by atoms with Gasteiger partial charge in [0.05, 0.1) is 16.8 Å². The molecule has 4 nitrogen and oxygen atoms in total. The molecule has 0 unspecified atom stereocenters. The number of rotatable bonds is 6. The normalized spacial score (nSPS) is 19.6. The largest absolute Gasteiger partial charge is 0.396 e. The summed E-state index contributed by atoms with van der Waals surface area (Å²) in [6, 6.07) is 13.1. The van der Waals surface area contributed by atoms with Gasteiger partial charge in [0.25, 0.3) is 0 Å². The second kappa shape index (κ2) is 7.93. The molecule has 3 heterocycles. The minimum atomic E-state index is 0.251. The van der Waals surface area contributed by atoms with Gasteiger partial charge in [0.15, 0.2) is 0 Å². The van der Waals surface area contributed by atoms with Gasteiger partial charge in [-0.15, -0.1) is 22.7 Å². The van der Waals surface area contributed by atoms with Gasteiger partial charge in [-0.2, -0.15) is 0 Å². The van der Waals surface area contributed by atoms with E-state index < -0.39 is 0 Å². The van der Waals surface area contributed by atoms with Crippen molar-refractivity contribution in [3.63, 3.8) is 0 Å². The molecular weight excluding hydrogens is 350 g/mol. The molecule has 1 fully saturated rings. The molecule has 2 aromatic heterocycles. The number of para-hydroxylation sites is 1. The molecule has 3 aromatic rings. The van der Waals surface area contributed by atoms with Gasteiger partial charge in [0.2, 0.25) is 0 Å². The molecule has 0 saturated carbocycles. The van der Waals surface area contributed by atoms with Gasteiger partial charge in [-0.25, -0.2) is 4.98 Å². The highest BCUT2D eigenvalue weighted by Gasteiger charge is 2.27. The van der Waals surface area contributed by atoms with Crippen LogP contribution in [0.3, 0.4) is 0 Å². The Balaban J connectivity index is 1.42. The van der Waals surface area contributed by atoms with Crippen molar-refractivity contribution in [1.29, 1.82) is 0 Å². The molecule has 0 amide bonds. The Bertz CT molecular complexity index is 769. The Hall–Kier alpha value is -1.31. The number of aliphatic hydroxyl groups is 1. The van der Waals surface area contributed by atoms with Crippen LogP contribution in [-0.4, -0.2) is 52.2 Å².